The summed E-state index contributed by atoms with van der Waals surface area (Å²) in [5.74, 6) is -0.883. The maximum atomic E-state index is 11.8. The smallest absolute Gasteiger partial charge is 0.325 e. The predicted molar refractivity (Wildman–Crippen MR) is 94.6 cm³/mol. The zero-order chi connectivity index (χ0) is 18.7. The fourth-order valence-corrected chi connectivity index (χ4v) is 2.20. The summed E-state index contributed by atoms with van der Waals surface area (Å²) in [6, 6.07) is 5.07. The number of carbonyl (C=O) groups excluding carboxylic acids is 1. The van der Waals surface area contributed by atoms with E-state index in [2.05, 4.69) is 52.9 Å². The normalized spacial score (nSPS) is 13.3. The predicted octanol–water partition coefficient (Wildman–Crippen LogP) is 3.25. The molecular weight excluding hydrogens is 306 g/mol. The van der Waals surface area contributed by atoms with Gasteiger partial charge in [-0.25, -0.2) is 0 Å². The van der Waals surface area contributed by atoms with Crippen LogP contribution in [0.2, 0.25) is 0 Å². The Labute approximate surface area is 144 Å². The summed E-state index contributed by atoms with van der Waals surface area (Å²) in [5.41, 5.74) is 2.10. The highest BCUT2D eigenvalue weighted by Gasteiger charge is 2.23. The molecule has 1 rings (SSSR count). The lowest BCUT2D eigenvalue weighted by Crippen LogP contribution is -2.40. The Morgan fingerprint density at radius 3 is 2.17 bits per heavy atom. The summed E-state index contributed by atoms with van der Waals surface area (Å²) in [6.07, 6.45) is 0. The maximum absolute atomic E-state index is 11.8. The van der Waals surface area contributed by atoms with Crippen LogP contribution in [0, 0.1) is 0 Å². The van der Waals surface area contributed by atoms with E-state index in [4.69, 9.17) is 9.84 Å². The second-order valence-corrected chi connectivity index (χ2v) is 8.13. The van der Waals surface area contributed by atoms with Crippen molar-refractivity contribution in [3.8, 4) is 5.75 Å². The first-order valence-electron chi connectivity index (χ1n) is 8.12. The SMILES string of the molecule is C[C@H](NC(=O)COc1ccc(C(C)(C)C)cc1C(C)(C)C)C(=O)O. The van der Waals surface area contributed by atoms with Crippen LogP contribution in [-0.4, -0.2) is 29.6 Å². The van der Waals surface area contributed by atoms with Crippen molar-refractivity contribution in [1.29, 1.82) is 0 Å². The van der Waals surface area contributed by atoms with Gasteiger partial charge in [0.05, 0.1) is 0 Å². The van der Waals surface area contributed by atoms with Crippen LogP contribution >= 0.6 is 0 Å². The number of carbonyl (C=O) groups is 2. The Morgan fingerprint density at radius 2 is 1.71 bits per heavy atom. The van der Waals surface area contributed by atoms with Gasteiger partial charge in [0.1, 0.15) is 11.8 Å². The molecule has 5 heteroatoms. The molecule has 0 aliphatic heterocycles. The molecular formula is C19H29NO4. The van der Waals surface area contributed by atoms with Crippen LogP contribution in [0.5, 0.6) is 5.75 Å². The number of nitrogens with one attached hydrogen (secondary N) is 1. The van der Waals surface area contributed by atoms with Crippen molar-refractivity contribution in [1.82, 2.24) is 5.32 Å². The molecule has 0 spiro atoms. The van der Waals surface area contributed by atoms with Crippen molar-refractivity contribution in [2.75, 3.05) is 6.61 Å². The molecule has 1 aromatic rings. The molecule has 0 bridgehead atoms. The highest BCUT2D eigenvalue weighted by molar-refractivity contribution is 5.84. The van der Waals surface area contributed by atoms with Gasteiger partial charge in [-0.2, -0.15) is 0 Å². The Hall–Kier alpha value is -2.04. The Bertz CT molecular complexity index is 609. The number of hydrogen-bond donors (Lipinski definition) is 2. The van der Waals surface area contributed by atoms with Gasteiger partial charge in [0, 0.05) is 0 Å². The third-order valence-electron chi connectivity index (χ3n) is 3.76. The van der Waals surface area contributed by atoms with Crippen molar-refractivity contribution in [3.63, 3.8) is 0 Å². The standard InChI is InChI=1S/C19H29NO4/c1-12(17(22)23)20-16(21)11-24-15-9-8-13(18(2,3)4)10-14(15)19(5,6)7/h8-10,12H,11H2,1-7H3,(H,20,21)(H,22,23)/t12-/m0/s1. The lowest BCUT2D eigenvalue weighted by atomic mass is 9.80. The molecule has 24 heavy (non-hydrogen) atoms. The molecule has 0 radical (unpaired) electrons. The average molecular weight is 335 g/mol. The Balaban J connectivity index is 2.96. The molecule has 0 aliphatic carbocycles. The van der Waals surface area contributed by atoms with Gasteiger partial charge in [0.2, 0.25) is 0 Å². The highest BCUT2D eigenvalue weighted by Crippen LogP contribution is 2.35. The van der Waals surface area contributed by atoms with Crippen LogP contribution in [0.25, 0.3) is 0 Å². The number of ether oxygens (including phenoxy) is 1. The summed E-state index contributed by atoms with van der Waals surface area (Å²) in [7, 11) is 0. The van der Waals surface area contributed by atoms with Crippen LogP contribution in [0.4, 0.5) is 0 Å². The van der Waals surface area contributed by atoms with Crippen molar-refractivity contribution in [2.45, 2.75) is 65.3 Å². The Morgan fingerprint density at radius 1 is 1.12 bits per heavy atom. The molecule has 134 valence electrons. The van der Waals surface area contributed by atoms with Crippen LogP contribution in [-0.2, 0) is 20.4 Å². The summed E-state index contributed by atoms with van der Waals surface area (Å²) in [4.78, 5) is 22.6. The van der Waals surface area contributed by atoms with Gasteiger partial charge in [-0.3, -0.25) is 9.59 Å². The molecule has 0 heterocycles. The van der Waals surface area contributed by atoms with E-state index >= 15 is 0 Å². The zero-order valence-electron chi connectivity index (χ0n) is 15.7. The van der Waals surface area contributed by atoms with Crippen LogP contribution < -0.4 is 10.1 Å². The van der Waals surface area contributed by atoms with Crippen LogP contribution in [0.3, 0.4) is 0 Å². The van der Waals surface area contributed by atoms with E-state index in [0.29, 0.717) is 5.75 Å². The van der Waals surface area contributed by atoms with Gasteiger partial charge < -0.3 is 15.2 Å². The molecule has 0 unspecified atom stereocenters. The van der Waals surface area contributed by atoms with E-state index in [-0.39, 0.29) is 17.4 Å². The summed E-state index contributed by atoms with van der Waals surface area (Å²) in [5, 5.41) is 11.2. The fraction of sp³-hybridized carbons (Fsp3) is 0.579. The number of hydrogen-bond acceptors (Lipinski definition) is 3. The van der Waals surface area contributed by atoms with E-state index in [0.717, 1.165) is 5.56 Å². The third kappa shape index (κ3) is 5.55. The lowest BCUT2D eigenvalue weighted by Gasteiger charge is -2.27. The van der Waals surface area contributed by atoms with E-state index in [1.807, 2.05) is 12.1 Å². The van der Waals surface area contributed by atoms with Gasteiger partial charge in [-0.15, -0.1) is 0 Å². The van der Waals surface area contributed by atoms with Crippen molar-refractivity contribution >= 4 is 11.9 Å². The maximum Gasteiger partial charge on any atom is 0.325 e. The monoisotopic (exact) mass is 335 g/mol. The second-order valence-electron chi connectivity index (χ2n) is 8.13. The molecule has 1 aromatic carbocycles. The fourth-order valence-electron chi connectivity index (χ4n) is 2.20. The van der Waals surface area contributed by atoms with Crippen LogP contribution in [0.15, 0.2) is 18.2 Å². The zero-order valence-corrected chi connectivity index (χ0v) is 15.7. The van der Waals surface area contributed by atoms with Gasteiger partial charge >= 0.3 is 5.97 Å². The minimum Gasteiger partial charge on any atom is -0.483 e. The number of carboxylic acid groups (broad SMARTS) is 1. The minimum atomic E-state index is -1.08. The van der Waals surface area contributed by atoms with E-state index in [1.54, 1.807) is 0 Å². The summed E-state index contributed by atoms with van der Waals surface area (Å²) < 4.78 is 5.67. The van der Waals surface area contributed by atoms with E-state index < -0.39 is 17.9 Å². The molecule has 1 amide bonds. The largest absolute Gasteiger partial charge is 0.483 e. The van der Waals surface area contributed by atoms with E-state index in [1.165, 1.54) is 12.5 Å². The first-order chi connectivity index (χ1) is 10.8. The number of amides is 1. The van der Waals surface area contributed by atoms with Gasteiger partial charge in [0.15, 0.2) is 6.61 Å². The average Bonchev–Trinajstić information content (AvgIpc) is 2.42. The molecule has 0 aliphatic rings. The van der Waals surface area contributed by atoms with Crippen molar-refractivity contribution in [3.05, 3.63) is 29.3 Å². The topological polar surface area (TPSA) is 75.6 Å². The molecule has 2 N–H and O–H groups in total. The number of benzene rings is 1. The number of carboxylic acids is 1. The van der Waals surface area contributed by atoms with Gasteiger partial charge in [0.25, 0.3) is 5.91 Å². The first kappa shape index (κ1) is 20.0. The minimum absolute atomic E-state index is 0.0207. The Kier molecular flexibility index (Phi) is 6.04. The number of rotatable bonds is 5. The third-order valence-corrected chi connectivity index (χ3v) is 3.76. The molecule has 1 atom stereocenters. The van der Waals surface area contributed by atoms with Crippen molar-refractivity contribution < 1.29 is 19.4 Å². The quantitative estimate of drug-likeness (QED) is 0.866. The summed E-state index contributed by atoms with van der Waals surface area (Å²) in [6.45, 7) is 13.9. The van der Waals surface area contributed by atoms with Gasteiger partial charge in [-0.1, -0.05) is 53.7 Å². The molecule has 0 saturated heterocycles. The van der Waals surface area contributed by atoms with Crippen LogP contribution in [0.1, 0.15) is 59.6 Å². The summed E-state index contributed by atoms with van der Waals surface area (Å²) >= 11 is 0. The molecule has 0 fully saturated rings. The molecule has 0 saturated carbocycles. The van der Waals surface area contributed by atoms with Crippen molar-refractivity contribution in [2.24, 2.45) is 0 Å². The molecule has 5 nitrogen and oxygen atoms in total. The lowest BCUT2D eigenvalue weighted by molar-refractivity contribution is -0.141. The number of aliphatic carboxylic acids is 1. The second kappa shape index (κ2) is 7.24. The van der Waals surface area contributed by atoms with Gasteiger partial charge in [-0.05, 0) is 34.9 Å². The first-order valence-corrected chi connectivity index (χ1v) is 8.12. The highest BCUT2D eigenvalue weighted by atomic mass is 16.5. The van der Waals surface area contributed by atoms with E-state index in [9.17, 15) is 9.59 Å². The molecule has 0 aromatic heterocycles.